The van der Waals surface area contributed by atoms with Crippen LogP contribution < -0.4 is 15.8 Å². The Morgan fingerprint density at radius 2 is 2.09 bits per heavy atom. The van der Waals surface area contributed by atoms with Crippen LogP contribution in [0.15, 0.2) is 18.5 Å². The van der Waals surface area contributed by atoms with Gasteiger partial charge in [-0.05, 0) is 33.5 Å². The van der Waals surface area contributed by atoms with Crippen LogP contribution in [0.4, 0.5) is 11.5 Å². The second-order valence-electron chi connectivity index (χ2n) is 5.73. The van der Waals surface area contributed by atoms with E-state index >= 15 is 0 Å². The van der Waals surface area contributed by atoms with Gasteiger partial charge in [-0.25, -0.2) is 9.97 Å². The van der Waals surface area contributed by atoms with Crippen molar-refractivity contribution in [1.29, 1.82) is 0 Å². The number of ether oxygens (including phenoxy) is 1. The Hall–Kier alpha value is -2.08. The fourth-order valence-corrected chi connectivity index (χ4v) is 2.01. The highest BCUT2D eigenvalue weighted by molar-refractivity contribution is 5.93. The van der Waals surface area contributed by atoms with E-state index in [-0.39, 0.29) is 0 Å². The standard InChI is InChI=1S/C16H25N5O/c1-5-11(2)20-16-12-8-13(17)15(22-7-6-21(3)4)9-14(12)18-10-19-16/h8-11H,5-7,17H2,1-4H3,(H,18,19,20). The summed E-state index contributed by atoms with van der Waals surface area (Å²) in [6, 6.07) is 4.10. The second-order valence-corrected chi connectivity index (χ2v) is 5.73. The lowest BCUT2D eigenvalue weighted by Gasteiger charge is -2.16. The van der Waals surface area contributed by atoms with Crippen molar-refractivity contribution in [3.8, 4) is 5.75 Å². The summed E-state index contributed by atoms with van der Waals surface area (Å²) in [5.41, 5.74) is 7.55. The summed E-state index contributed by atoms with van der Waals surface area (Å²) in [6.45, 7) is 5.68. The van der Waals surface area contributed by atoms with Gasteiger partial charge >= 0.3 is 0 Å². The highest BCUT2D eigenvalue weighted by Gasteiger charge is 2.10. The SMILES string of the molecule is CCC(C)Nc1ncnc2cc(OCCN(C)C)c(N)cc12. The Morgan fingerprint density at radius 3 is 2.77 bits per heavy atom. The Labute approximate surface area is 131 Å². The molecule has 0 bridgehead atoms. The zero-order valence-corrected chi connectivity index (χ0v) is 13.8. The molecule has 3 N–H and O–H groups in total. The number of nitrogen functional groups attached to an aromatic ring is 1. The number of hydrogen-bond acceptors (Lipinski definition) is 6. The first kappa shape index (κ1) is 16.3. The van der Waals surface area contributed by atoms with Gasteiger partial charge in [0.2, 0.25) is 0 Å². The minimum absolute atomic E-state index is 0.343. The van der Waals surface area contributed by atoms with Gasteiger partial charge in [0.05, 0.1) is 11.2 Å². The molecule has 0 radical (unpaired) electrons. The molecule has 0 spiro atoms. The molecule has 1 aromatic heterocycles. The van der Waals surface area contributed by atoms with Crippen LogP contribution in [-0.4, -0.2) is 48.2 Å². The van der Waals surface area contributed by atoms with Gasteiger partial charge < -0.3 is 20.7 Å². The van der Waals surface area contributed by atoms with Crippen molar-refractivity contribution in [3.05, 3.63) is 18.5 Å². The molecule has 1 atom stereocenters. The molecular weight excluding hydrogens is 278 g/mol. The van der Waals surface area contributed by atoms with E-state index in [0.717, 1.165) is 29.7 Å². The molecule has 0 aliphatic rings. The number of nitrogens with one attached hydrogen (secondary N) is 1. The van der Waals surface area contributed by atoms with Gasteiger partial charge in [0.15, 0.2) is 0 Å². The van der Waals surface area contributed by atoms with Crippen LogP contribution in [0, 0.1) is 0 Å². The smallest absolute Gasteiger partial charge is 0.144 e. The highest BCUT2D eigenvalue weighted by atomic mass is 16.5. The Balaban J connectivity index is 2.27. The quantitative estimate of drug-likeness (QED) is 0.765. The molecule has 6 heteroatoms. The van der Waals surface area contributed by atoms with E-state index in [0.29, 0.717) is 24.1 Å². The van der Waals surface area contributed by atoms with Gasteiger partial charge in [-0.2, -0.15) is 0 Å². The molecule has 1 aromatic carbocycles. The number of nitrogens with zero attached hydrogens (tertiary/aromatic N) is 3. The lowest BCUT2D eigenvalue weighted by molar-refractivity contribution is 0.262. The maximum atomic E-state index is 6.11. The van der Waals surface area contributed by atoms with Gasteiger partial charge in [-0.15, -0.1) is 0 Å². The van der Waals surface area contributed by atoms with Gasteiger partial charge in [0, 0.05) is 24.0 Å². The van der Waals surface area contributed by atoms with Gasteiger partial charge in [0.1, 0.15) is 24.5 Å². The molecule has 0 amide bonds. The first-order valence-corrected chi connectivity index (χ1v) is 7.59. The minimum atomic E-state index is 0.343. The fraction of sp³-hybridized carbons (Fsp3) is 0.500. The van der Waals surface area contributed by atoms with Crippen molar-refractivity contribution in [1.82, 2.24) is 14.9 Å². The number of anilines is 2. The van der Waals surface area contributed by atoms with Crippen LogP contribution in [-0.2, 0) is 0 Å². The first-order chi connectivity index (χ1) is 10.5. The molecule has 120 valence electrons. The van der Waals surface area contributed by atoms with Crippen molar-refractivity contribution in [2.75, 3.05) is 38.3 Å². The Morgan fingerprint density at radius 1 is 1.32 bits per heavy atom. The van der Waals surface area contributed by atoms with Crippen LogP contribution in [0.5, 0.6) is 5.75 Å². The molecule has 0 saturated carbocycles. The van der Waals surface area contributed by atoms with Crippen LogP contribution >= 0.6 is 0 Å². The largest absolute Gasteiger partial charge is 0.490 e. The van der Waals surface area contributed by atoms with Crippen LogP contribution in [0.2, 0.25) is 0 Å². The van der Waals surface area contributed by atoms with Gasteiger partial charge in [-0.3, -0.25) is 0 Å². The molecule has 1 unspecified atom stereocenters. The van der Waals surface area contributed by atoms with E-state index < -0.39 is 0 Å². The number of nitrogens with two attached hydrogens (primary N) is 1. The molecule has 0 saturated heterocycles. The van der Waals surface area contributed by atoms with Crippen LogP contribution in [0.3, 0.4) is 0 Å². The van der Waals surface area contributed by atoms with E-state index in [2.05, 4.69) is 34.0 Å². The number of likely N-dealkylation sites (N-methyl/N-ethyl adjacent to an activating group) is 1. The topological polar surface area (TPSA) is 76.3 Å². The number of fused-ring (bicyclic) bond motifs is 1. The minimum Gasteiger partial charge on any atom is -0.490 e. The normalized spacial score (nSPS) is 12.6. The summed E-state index contributed by atoms with van der Waals surface area (Å²) < 4.78 is 5.75. The van der Waals surface area contributed by atoms with Crippen molar-refractivity contribution < 1.29 is 4.74 Å². The summed E-state index contributed by atoms with van der Waals surface area (Å²) in [5.74, 6) is 1.48. The number of rotatable bonds is 7. The van der Waals surface area contributed by atoms with E-state index in [1.54, 1.807) is 6.33 Å². The maximum Gasteiger partial charge on any atom is 0.144 e. The van der Waals surface area contributed by atoms with Gasteiger partial charge in [0.25, 0.3) is 0 Å². The summed E-state index contributed by atoms with van der Waals surface area (Å²) in [5, 5.41) is 4.30. The van der Waals surface area contributed by atoms with E-state index in [4.69, 9.17) is 10.5 Å². The predicted octanol–water partition coefficient (Wildman–Crippen LogP) is 2.36. The molecule has 2 rings (SSSR count). The average molecular weight is 303 g/mol. The maximum absolute atomic E-state index is 6.11. The molecule has 0 aliphatic carbocycles. The average Bonchev–Trinajstić information content (AvgIpc) is 2.48. The zero-order valence-electron chi connectivity index (χ0n) is 13.8. The summed E-state index contributed by atoms with van der Waals surface area (Å²) in [6.07, 6.45) is 2.58. The molecule has 1 heterocycles. The first-order valence-electron chi connectivity index (χ1n) is 7.59. The van der Waals surface area contributed by atoms with Crippen molar-refractivity contribution in [2.24, 2.45) is 0 Å². The summed E-state index contributed by atoms with van der Waals surface area (Å²) in [7, 11) is 4.01. The molecule has 6 nitrogen and oxygen atoms in total. The highest BCUT2D eigenvalue weighted by Crippen LogP contribution is 2.30. The van der Waals surface area contributed by atoms with E-state index in [9.17, 15) is 0 Å². The third-order valence-electron chi connectivity index (χ3n) is 3.56. The van der Waals surface area contributed by atoms with Crippen molar-refractivity contribution in [2.45, 2.75) is 26.3 Å². The lowest BCUT2D eigenvalue weighted by Crippen LogP contribution is -2.19. The molecule has 0 aliphatic heterocycles. The Kier molecular flexibility index (Phi) is 5.38. The molecule has 0 fully saturated rings. The number of aromatic nitrogens is 2. The lowest BCUT2D eigenvalue weighted by atomic mass is 10.2. The van der Waals surface area contributed by atoms with E-state index in [1.807, 2.05) is 26.2 Å². The van der Waals surface area contributed by atoms with E-state index in [1.165, 1.54) is 0 Å². The Bertz CT molecular complexity index is 629. The second kappa shape index (κ2) is 7.26. The summed E-state index contributed by atoms with van der Waals surface area (Å²) >= 11 is 0. The molecule has 2 aromatic rings. The van der Waals surface area contributed by atoms with Gasteiger partial charge in [-0.1, -0.05) is 6.92 Å². The zero-order chi connectivity index (χ0) is 16.1. The van der Waals surface area contributed by atoms with Crippen LogP contribution in [0.1, 0.15) is 20.3 Å². The monoisotopic (exact) mass is 303 g/mol. The van der Waals surface area contributed by atoms with Crippen LogP contribution in [0.25, 0.3) is 10.9 Å². The summed E-state index contributed by atoms with van der Waals surface area (Å²) in [4.78, 5) is 10.7. The molecular formula is C16H25N5O. The number of benzene rings is 1. The molecule has 22 heavy (non-hydrogen) atoms. The number of hydrogen-bond donors (Lipinski definition) is 2. The third kappa shape index (κ3) is 3.98. The van der Waals surface area contributed by atoms with Crippen molar-refractivity contribution >= 4 is 22.4 Å². The fourth-order valence-electron chi connectivity index (χ4n) is 2.01. The third-order valence-corrected chi connectivity index (χ3v) is 3.56. The van der Waals surface area contributed by atoms with Crippen molar-refractivity contribution in [3.63, 3.8) is 0 Å². The predicted molar refractivity (Wildman–Crippen MR) is 91.4 cm³/mol.